The van der Waals surface area contributed by atoms with E-state index in [9.17, 15) is 4.79 Å². The van der Waals surface area contributed by atoms with E-state index in [4.69, 9.17) is 0 Å². The average Bonchev–Trinajstić information content (AvgIpc) is 2.37. The van der Waals surface area contributed by atoms with Crippen LogP contribution < -0.4 is 5.32 Å². The van der Waals surface area contributed by atoms with Crippen LogP contribution in [0.15, 0.2) is 30.3 Å². The Labute approximate surface area is 129 Å². The maximum atomic E-state index is 11.8. The van der Waals surface area contributed by atoms with Gasteiger partial charge < -0.3 is 5.32 Å². The first-order chi connectivity index (χ1) is 9.88. The van der Waals surface area contributed by atoms with Crippen LogP contribution in [0.25, 0.3) is 0 Å². The number of benzene rings is 1. The van der Waals surface area contributed by atoms with Crippen molar-refractivity contribution in [1.82, 2.24) is 10.2 Å². The summed E-state index contributed by atoms with van der Waals surface area (Å²) in [5.41, 5.74) is 1.31. The van der Waals surface area contributed by atoms with Crippen molar-refractivity contribution >= 4 is 5.91 Å². The number of rotatable bonds is 8. The molecular formula is C18H30N2O. The Morgan fingerprint density at radius 2 is 1.71 bits per heavy atom. The van der Waals surface area contributed by atoms with Gasteiger partial charge in [-0.25, -0.2) is 0 Å². The fourth-order valence-electron chi connectivity index (χ4n) is 2.38. The first kappa shape index (κ1) is 17.7. The zero-order valence-electron chi connectivity index (χ0n) is 14.1. The third kappa shape index (κ3) is 7.28. The zero-order valence-corrected chi connectivity index (χ0v) is 14.1. The number of nitrogens with zero attached hydrogens (tertiary/aromatic N) is 1. The second-order valence-corrected chi connectivity index (χ2v) is 6.58. The summed E-state index contributed by atoms with van der Waals surface area (Å²) < 4.78 is 0. The van der Waals surface area contributed by atoms with Crippen LogP contribution in [0.3, 0.4) is 0 Å². The van der Waals surface area contributed by atoms with E-state index in [1.54, 1.807) is 0 Å². The minimum absolute atomic E-state index is 0.154. The van der Waals surface area contributed by atoms with E-state index in [1.165, 1.54) is 5.56 Å². The molecule has 0 bridgehead atoms. The molecule has 1 N–H and O–H groups in total. The van der Waals surface area contributed by atoms with Crippen molar-refractivity contribution < 1.29 is 4.79 Å². The molecule has 0 aliphatic heterocycles. The number of hydrogen-bond donors (Lipinski definition) is 1. The highest BCUT2D eigenvalue weighted by atomic mass is 16.1. The topological polar surface area (TPSA) is 32.3 Å². The molecule has 1 atom stereocenters. The van der Waals surface area contributed by atoms with E-state index in [0.717, 1.165) is 13.1 Å². The van der Waals surface area contributed by atoms with E-state index < -0.39 is 0 Å². The summed E-state index contributed by atoms with van der Waals surface area (Å²) in [4.78, 5) is 14.2. The van der Waals surface area contributed by atoms with Crippen LogP contribution in [-0.4, -0.2) is 29.4 Å². The molecule has 0 spiro atoms. The summed E-state index contributed by atoms with van der Waals surface area (Å²) in [7, 11) is 0. The molecule has 118 valence electrons. The minimum Gasteiger partial charge on any atom is -0.352 e. The van der Waals surface area contributed by atoms with Crippen molar-refractivity contribution in [3.8, 4) is 0 Å². The number of carbonyl (C=O) groups excluding carboxylic acids is 1. The lowest BCUT2D eigenvalue weighted by Gasteiger charge is -2.30. The summed E-state index contributed by atoms with van der Waals surface area (Å²) in [5.74, 6) is 0.559. The monoisotopic (exact) mass is 290 g/mol. The Morgan fingerprint density at radius 1 is 1.10 bits per heavy atom. The van der Waals surface area contributed by atoms with Gasteiger partial charge in [0.2, 0.25) is 5.91 Å². The predicted octanol–water partition coefficient (Wildman–Crippen LogP) is 3.45. The Kier molecular flexibility index (Phi) is 7.44. The second-order valence-electron chi connectivity index (χ2n) is 6.58. The first-order valence-corrected chi connectivity index (χ1v) is 7.95. The summed E-state index contributed by atoms with van der Waals surface area (Å²) >= 11 is 0. The largest absolute Gasteiger partial charge is 0.352 e. The van der Waals surface area contributed by atoms with Crippen LogP contribution >= 0.6 is 0 Å². The molecule has 1 unspecified atom stereocenters. The fraction of sp³-hybridized carbons (Fsp3) is 0.611. The van der Waals surface area contributed by atoms with Crippen LogP contribution in [0.4, 0.5) is 0 Å². The molecule has 0 fully saturated rings. The Bertz CT molecular complexity index is 414. The van der Waals surface area contributed by atoms with Crippen molar-refractivity contribution in [3.63, 3.8) is 0 Å². The standard InChI is InChI=1S/C18H30N2O/c1-14(2)11-18(21)19-16(5)12-20(15(3)4)13-17-9-7-6-8-10-17/h6-10,14-16H,11-13H2,1-5H3,(H,19,21). The summed E-state index contributed by atoms with van der Waals surface area (Å²) in [6, 6.07) is 11.1. The lowest BCUT2D eigenvalue weighted by Crippen LogP contribution is -2.44. The molecule has 1 aromatic carbocycles. The predicted molar refractivity (Wildman–Crippen MR) is 89.0 cm³/mol. The third-order valence-electron chi connectivity index (χ3n) is 3.47. The molecule has 0 aliphatic rings. The molecule has 0 radical (unpaired) electrons. The molecule has 0 saturated carbocycles. The normalized spacial score (nSPS) is 13.0. The van der Waals surface area contributed by atoms with Crippen LogP contribution in [0, 0.1) is 5.92 Å². The smallest absolute Gasteiger partial charge is 0.220 e. The van der Waals surface area contributed by atoms with Crippen molar-refractivity contribution in [2.75, 3.05) is 6.54 Å². The van der Waals surface area contributed by atoms with Gasteiger partial charge in [0.05, 0.1) is 0 Å². The molecule has 3 heteroatoms. The molecule has 1 amide bonds. The van der Waals surface area contributed by atoms with Gasteiger partial charge >= 0.3 is 0 Å². The number of amides is 1. The highest BCUT2D eigenvalue weighted by Gasteiger charge is 2.16. The fourth-order valence-corrected chi connectivity index (χ4v) is 2.38. The van der Waals surface area contributed by atoms with Crippen molar-refractivity contribution in [2.24, 2.45) is 5.92 Å². The SMILES string of the molecule is CC(C)CC(=O)NC(C)CN(Cc1ccccc1)C(C)C. The second kappa shape index (κ2) is 8.83. The van der Waals surface area contributed by atoms with E-state index in [2.05, 4.69) is 69.1 Å². The minimum atomic E-state index is 0.154. The summed E-state index contributed by atoms with van der Waals surface area (Å²) in [5, 5.41) is 3.10. The van der Waals surface area contributed by atoms with Gasteiger partial charge in [0.25, 0.3) is 0 Å². The molecule has 1 rings (SSSR count). The molecular weight excluding hydrogens is 260 g/mol. The number of nitrogens with one attached hydrogen (secondary N) is 1. The van der Waals surface area contributed by atoms with Crippen molar-refractivity contribution in [2.45, 2.75) is 59.7 Å². The van der Waals surface area contributed by atoms with Gasteiger partial charge in [-0.1, -0.05) is 44.2 Å². The average molecular weight is 290 g/mol. The van der Waals surface area contributed by atoms with Crippen LogP contribution in [0.1, 0.15) is 46.6 Å². The number of hydrogen-bond acceptors (Lipinski definition) is 2. The molecule has 0 aliphatic carbocycles. The maximum absolute atomic E-state index is 11.8. The lowest BCUT2D eigenvalue weighted by molar-refractivity contribution is -0.122. The van der Waals surface area contributed by atoms with E-state index in [0.29, 0.717) is 18.4 Å². The van der Waals surface area contributed by atoms with Crippen LogP contribution in [0.2, 0.25) is 0 Å². The molecule has 0 heterocycles. The molecule has 21 heavy (non-hydrogen) atoms. The number of carbonyl (C=O) groups is 1. The van der Waals surface area contributed by atoms with Gasteiger partial charge in [-0.05, 0) is 32.3 Å². The van der Waals surface area contributed by atoms with Gasteiger partial charge in [0.15, 0.2) is 0 Å². The van der Waals surface area contributed by atoms with Gasteiger partial charge in [-0.3, -0.25) is 9.69 Å². The highest BCUT2D eigenvalue weighted by molar-refractivity contribution is 5.76. The van der Waals surface area contributed by atoms with Gasteiger partial charge in [-0.2, -0.15) is 0 Å². The maximum Gasteiger partial charge on any atom is 0.220 e. The summed E-state index contributed by atoms with van der Waals surface area (Å²) in [6.07, 6.45) is 0.602. The molecule has 3 nitrogen and oxygen atoms in total. The first-order valence-electron chi connectivity index (χ1n) is 7.95. The Hall–Kier alpha value is -1.35. The highest BCUT2D eigenvalue weighted by Crippen LogP contribution is 2.09. The molecule has 1 aromatic rings. The van der Waals surface area contributed by atoms with Gasteiger partial charge in [-0.15, -0.1) is 0 Å². The quantitative estimate of drug-likeness (QED) is 0.795. The third-order valence-corrected chi connectivity index (χ3v) is 3.47. The Balaban J connectivity index is 2.52. The van der Waals surface area contributed by atoms with Gasteiger partial charge in [0, 0.05) is 31.6 Å². The molecule has 0 saturated heterocycles. The van der Waals surface area contributed by atoms with E-state index in [1.807, 2.05) is 6.07 Å². The van der Waals surface area contributed by atoms with E-state index in [-0.39, 0.29) is 11.9 Å². The summed E-state index contributed by atoms with van der Waals surface area (Å²) in [6.45, 7) is 12.4. The zero-order chi connectivity index (χ0) is 15.8. The van der Waals surface area contributed by atoms with Crippen molar-refractivity contribution in [1.29, 1.82) is 0 Å². The molecule has 0 aromatic heterocycles. The van der Waals surface area contributed by atoms with E-state index >= 15 is 0 Å². The van der Waals surface area contributed by atoms with Crippen LogP contribution in [0.5, 0.6) is 0 Å². The van der Waals surface area contributed by atoms with Crippen molar-refractivity contribution in [3.05, 3.63) is 35.9 Å². The Morgan fingerprint density at radius 3 is 2.24 bits per heavy atom. The lowest BCUT2D eigenvalue weighted by atomic mass is 10.1. The van der Waals surface area contributed by atoms with Crippen LogP contribution in [-0.2, 0) is 11.3 Å². The van der Waals surface area contributed by atoms with Gasteiger partial charge in [0.1, 0.15) is 0 Å².